The maximum atomic E-state index is 13.2. The van der Waals surface area contributed by atoms with E-state index in [-0.39, 0.29) is 58.7 Å². The Morgan fingerprint density at radius 1 is 0.376 bits per heavy atom. The molecule has 0 aliphatic heterocycles. The highest BCUT2D eigenvalue weighted by Gasteiger charge is 2.49. The van der Waals surface area contributed by atoms with E-state index in [1.165, 1.54) is 65.2 Å². The van der Waals surface area contributed by atoms with Gasteiger partial charge in [-0.1, -0.05) is 175 Å². The van der Waals surface area contributed by atoms with Crippen molar-refractivity contribution in [3.8, 4) is 17.6 Å². The Balaban J connectivity index is 0.000000160. The van der Waals surface area contributed by atoms with Gasteiger partial charge in [-0.05, 0) is 389 Å². The molecule has 10 aromatic rings. The van der Waals surface area contributed by atoms with Crippen LogP contribution in [0.4, 0.5) is 22.0 Å². The summed E-state index contributed by atoms with van der Waals surface area (Å²) in [6, 6.07) is 71.8. The van der Waals surface area contributed by atoms with Crippen LogP contribution >= 0.6 is 34.5 Å². The number of rotatable bonds is 28. The van der Waals surface area contributed by atoms with E-state index in [0.717, 1.165) is 212 Å². The van der Waals surface area contributed by atoms with E-state index in [1.807, 2.05) is 173 Å². The van der Waals surface area contributed by atoms with Crippen molar-refractivity contribution in [2.45, 2.75) is 176 Å². The second-order valence-corrected chi connectivity index (χ2v) is 42.0. The molecule has 15 unspecified atom stereocenters. The number of aliphatic hydroxyl groups is 5. The standard InChI is InChI=1S/C25H34FNO.C24H28FNO.C23H30FNO2.C22H26Cl2FNO.C20H26FNOS/c1-27(2)19-23-18-22(17-21-10-12-24(26)13-11-21)14-16-25(23,28)15-6-9-20-7-4-3-5-8-20;1-26(2)18-22-17-21(16-20-8-10-23(25)11-9-20)13-15-24(22,27)14-12-19-6-4-3-5-7-19;1-25(2)16-20-14-18(13-17-7-9-21(24)10-8-17)11-12-23(20,26)19-5-4-6-22(15-19)27-3;1-26(2)14-17-13-16(12-15-6-8-18(25)9-7-15)10-11-22(17,27)19-4-3-5-20(23)21(19)24;1-22(2)14-17-13-16(12-15-5-7-18(21)8-6-15)9-10-20(17,23)19-4-3-11-24-19/h3-5,7-8,10-13,22-23,28H,6,9,14-19H2,1-2H3;3-11,21-22,27H,13,15-18H2,1-2H3;4-10,15,18,20,26H,11-14,16H2,1-3H3;3-9,16-17,27H,10-14H2,1-2H3;3-8,11,16-17,23H,9-10,12-14H2,1-2H3. The fraction of sp³-hybridized carbons (Fsp3) is 0.474. The summed E-state index contributed by atoms with van der Waals surface area (Å²) >= 11 is 14.3. The highest BCUT2D eigenvalue weighted by atomic mass is 35.5. The monoisotopic (exact) mass is 1880 g/mol. The van der Waals surface area contributed by atoms with Gasteiger partial charge in [-0.3, -0.25) is 0 Å². The average Bonchev–Trinajstić information content (AvgIpc) is 1.01. The summed E-state index contributed by atoms with van der Waals surface area (Å²) in [5, 5.41) is 60.5. The second-order valence-electron chi connectivity index (χ2n) is 40.2. The number of benzene rings is 9. The van der Waals surface area contributed by atoms with Crippen molar-refractivity contribution in [1.29, 1.82) is 0 Å². The molecule has 5 aliphatic rings. The summed E-state index contributed by atoms with van der Waals surface area (Å²) in [4.78, 5) is 11.8. The van der Waals surface area contributed by atoms with Crippen LogP contribution in [-0.2, 0) is 55.3 Å². The van der Waals surface area contributed by atoms with Crippen molar-refractivity contribution in [3.05, 3.63) is 336 Å². The molecule has 1 aromatic heterocycles. The van der Waals surface area contributed by atoms with Crippen LogP contribution < -0.4 is 4.74 Å². The van der Waals surface area contributed by atoms with E-state index in [4.69, 9.17) is 27.9 Å². The SMILES string of the molecule is CN(C)CC1CC(Cc2ccc(F)cc2)CCC1(O)C#Cc1ccccc1.CN(C)CC1CC(Cc2ccc(F)cc2)CCC1(O)CCCc1ccccc1.CN(C)CC1CC(Cc2ccc(F)cc2)CCC1(O)c1cccc(Cl)c1Cl.CN(C)CC1CC(Cc2ccc(F)cc2)CCC1(O)c1cccs1.COc1cccc(C2(O)CCC(Cc3ccc(F)cc3)CC2CN(C)C)c1. The van der Waals surface area contributed by atoms with Gasteiger partial charge in [0.15, 0.2) is 0 Å². The average molecular weight is 1880 g/mol. The molecule has 5 aliphatic carbocycles. The lowest BCUT2D eigenvalue weighted by Crippen LogP contribution is -2.47. The van der Waals surface area contributed by atoms with Crippen molar-refractivity contribution in [1.82, 2.24) is 24.5 Å². The van der Waals surface area contributed by atoms with Crippen LogP contribution in [0.3, 0.4) is 0 Å². The Labute approximate surface area is 804 Å². The highest BCUT2D eigenvalue weighted by molar-refractivity contribution is 7.10. The number of ether oxygens (including phenoxy) is 1. The van der Waals surface area contributed by atoms with Gasteiger partial charge in [-0.15, -0.1) is 11.3 Å². The van der Waals surface area contributed by atoms with Gasteiger partial charge < -0.3 is 54.8 Å². The maximum absolute atomic E-state index is 13.2. The minimum atomic E-state index is -0.994. The molecule has 0 spiro atoms. The molecule has 1 heterocycles. The Morgan fingerprint density at radius 2 is 0.744 bits per heavy atom. The number of thiophene rings is 1. The number of hydrogen-bond donors (Lipinski definition) is 5. The highest BCUT2D eigenvalue weighted by Crippen LogP contribution is 2.51. The van der Waals surface area contributed by atoms with Crippen LogP contribution in [0.5, 0.6) is 5.75 Å². The largest absolute Gasteiger partial charge is 0.497 e. The summed E-state index contributed by atoms with van der Waals surface area (Å²) < 4.78 is 71.1. The zero-order chi connectivity index (χ0) is 95.5. The minimum Gasteiger partial charge on any atom is -0.497 e. The van der Waals surface area contributed by atoms with Gasteiger partial charge in [0.1, 0.15) is 46.0 Å². The summed E-state index contributed by atoms with van der Waals surface area (Å²) in [5.41, 5.74) is 5.70. The molecule has 19 heteroatoms. The van der Waals surface area contributed by atoms with Gasteiger partial charge >= 0.3 is 0 Å². The molecule has 0 radical (unpaired) electrons. The van der Waals surface area contributed by atoms with Crippen LogP contribution in [-0.4, -0.2) is 172 Å². The quantitative estimate of drug-likeness (QED) is 0.0238. The first-order chi connectivity index (χ1) is 63.6. The number of methoxy groups -OCH3 is 1. The van der Waals surface area contributed by atoms with E-state index < -0.39 is 28.0 Å². The van der Waals surface area contributed by atoms with Crippen molar-refractivity contribution in [2.24, 2.45) is 59.2 Å². The molecule has 15 rings (SSSR count). The lowest BCUT2D eigenvalue weighted by Gasteiger charge is -2.45. The Hall–Kier alpha value is -8.13. The van der Waals surface area contributed by atoms with Gasteiger partial charge in [0.2, 0.25) is 0 Å². The number of halogens is 7. The van der Waals surface area contributed by atoms with E-state index in [9.17, 15) is 47.5 Å². The summed E-state index contributed by atoms with van der Waals surface area (Å²) in [5.74, 6) is 9.50. The maximum Gasteiger partial charge on any atom is 0.129 e. The Bertz CT molecular complexity index is 5170. The third-order valence-corrected chi connectivity index (χ3v) is 30.3. The molecule has 0 saturated heterocycles. The van der Waals surface area contributed by atoms with Crippen molar-refractivity contribution in [2.75, 3.05) is 110 Å². The molecule has 0 bridgehead atoms. The number of hydrogen-bond acceptors (Lipinski definition) is 12. The van der Waals surface area contributed by atoms with E-state index in [0.29, 0.717) is 52.5 Å². The van der Waals surface area contributed by atoms with Crippen LogP contribution in [0.2, 0.25) is 10.0 Å². The molecule has 5 N–H and O–H groups in total. The first-order valence-electron chi connectivity index (χ1n) is 47.9. The van der Waals surface area contributed by atoms with Gasteiger partial charge in [-0.25, -0.2) is 22.0 Å². The zero-order valence-electron chi connectivity index (χ0n) is 80.1. The molecule has 133 heavy (non-hydrogen) atoms. The van der Waals surface area contributed by atoms with Crippen molar-refractivity contribution < 1.29 is 52.2 Å². The topological polar surface area (TPSA) is 127 Å². The first-order valence-corrected chi connectivity index (χ1v) is 49.5. The van der Waals surface area contributed by atoms with E-state index in [1.54, 1.807) is 36.6 Å². The van der Waals surface area contributed by atoms with Gasteiger partial charge in [-0.2, -0.15) is 0 Å². The molecule has 716 valence electrons. The van der Waals surface area contributed by atoms with Crippen molar-refractivity contribution in [3.63, 3.8) is 0 Å². The predicted octanol–water partition coefficient (Wildman–Crippen LogP) is 23.3. The third kappa shape index (κ3) is 31.4. The lowest BCUT2D eigenvalue weighted by atomic mass is 9.66. The molecule has 15 atom stereocenters. The fourth-order valence-corrected chi connectivity index (χ4v) is 23.0. The fourth-order valence-electron chi connectivity index (χ4n) is 21.6. The Kier molecular flexibility index (Phi) is 39.8. The molecule has 0 amide bonds. The van der Waals surface area contributed by atoms with Crippen molar-refractivity contribution >= 4 is 34.5 Å². The van der Waals surface area contributed by atoms with Gasteiger partial charge in [0.05, 0.1) is 34.0 Å². The minimum absolute atomic E-state index is 0.0441. The second kappa shape index (κ2) is 50.3. The van der Waals surface area contributed by atoms with Gasteiger partial charge in [0, 0.05) is 78.3 Å². The number of nitrogens with zero attached hydrogens (tertiary/aromatic N) is 5. The predicted molar refractivity (Wildman–Crippen MR) is 536 cm³/mol. The normalized spacial score (nSPS) is 25.8. The third-order valence-electron chi connectivity index (χ3n) is 28.4. The smallest absolute Gasteiger partial charge is 0.129 e. The Morgan fingerprint density at radius 3 is 1.17 bits per heavy atom. The number of aryl methyl sites for hydroxylation is 1. The van der Waals surface area contributed by atoms with Crippen LogP contribution in [0.15, 0.2) is 242 Å². The molecule has 9 aromatic carbocycles. The zero-order valence-corrected chi connectivity index (χ0v) is 82.4. The van der Waals surface area contributed by atoms with Crippen LogP contribution in [0.1, 0.15) is 164 Å². The molecule has 5 saturated carbocycles. The summed E-state index contributed by atoms with van der Waals surface area (Å²) in [6.45, 7) is 4.20. The molecule has 5 fully saturated rings. The first kappa shape index (κ1) is 105. The summed E-state index contributed by atoms with van der Waals surface area (Å²) in [7, 11) is 22.2. The molecule has 11 nitrogen and oxygen atoms in total. The summed E-state index contributed by atoms with van der Waals surface area (Å²) in [6.07, 6.45) is 20.9. The van der Waals surface area contributed by atoms with E-state index in [2.05, 4.69) is 109 Å². The molecular weight excluding hydrogens is 1730 g/mol. The lowest BCUT2D eigenvalue weighted by molar-refractivity contribution is -0.0760. The van der Waals surface area contributed by atoms with Gasteiger partial charge in [0.25, 0.3) is 0 Å². The van der Waals surface area contributed by atoms with Crippen LogP contribution in [0, 0.1) is 100 Å². The van der Waals surface area contributed by atoms with Crippen LogP contribution in [0.25, 0.3) is 0 Å². The van der Waals surface area contributed by atoms with E-state index >= 15 is 0 Å². The molecular formula is C114H144Cl2F5N5O6S.